The molecule has 1 aliphatic rings. The molecule has 1 aliphatic heterocycles. The summed E-state index contributed by atoms with van der Waals surface area (Å²) < 4.78 is 16.1. The molecule has 0 aromatic heterocycles. The number of hydrogen-bond acceptors (Lipinski definition) is 6. The van der Waals surface area contributed by atoms with Gasteiger partial charge in [-0.05, 0) is 60.3 Å². The molecule has 0 saturated carbocycles. The van der Waals surface area contributed by atoms with Gasteiger partial charge in [-0.1, -0.05) is 36.4 Å². The first-order valence-electron chi connectivity index (χ1n) is 10.3. The number of thiocarbonyl (C=S) groups is 1. The number of methoxy groups -OCH3 is 3. The molecule has 0 radical (unpaired) electrons. The average molecular weight is 475 g/mol. The van der Waals surface area contributed by atoms with Crippen molar-refractivity contribution in [2.24, 2.45) is 0 Å². The van der Waals surface area contributed by atoms with Gasteiger partial charge in [0.2, 0.25) is 0 Å². The van der Waals surface area contributed by atoms with Crippen molar-refractivity contribution in [3.63, 3.8) is 0 Å². The monoisotopic (exact) mass is 474 g/mol. The van der Waals surface area contributed by atoms with Gasteiger partial charge in [0.15, 0.2) is 16.6 Å². The van der Waals surface area contributed by atoms with Crippen LogP contribution in [0.15, 0.2) is 78.4 Å². The summed E-state index contributed by atoms with van der Waals surface area (Å²) in [7, 11) is 4.56. The molecular formula is C26H22N2O5S. The highest BCUT2D eigenvalue weighted by molar-refractivity contribution is 7.81. The number of nitrogens with zero attached hydrogens (tertiary/aromatic N) is 2. The number of benzene rings is 3. The number of carbonyl (C=O) groups is 2. The van der Waals surface area contributed by atoms with Crippen LogP contribution in [0.5, 0.6) is 17.2 Å². The van der Waals surface area contributed by atoms with E-state index in [9.17, 15) is 9.59 Å². The molecule has 4 rings (SSSR count). The lowest BCUT2D eigenvalue weighted by Crippen LogP contribution is -2.57. The van der Waals surface area contributed by atoms with Gasteiger partial charge in [-0.3, -0.25) is 14.5 Å². The van der Waals surface area contributed by atoms with Gasteiger partial charge in [0.25, 0.3) is 11.8 Å². The van der Waals surface area contributed by atoms with Gasteiger partial charge < -0.3 is 14.2 Å². The van der Waals surface area contributed by atoms with Gasteiger partial charge in [-0.25, -0.2) is 4.90 Å². The van der Waals surface area contributed by atoms with Crippen molar-refractivity contribution < 1.29 is 23.8 Å². The van der Waals surface area contributed by atoms with Crippen molar-refractivity contribution in [2.75, 3.05) is 31.1 Å². The molecule has 172 valence electrons. The van der Waals surface area contributed by atoms with Crippen molar-refractivity contribution in [3.8, 4) is 17.2 Å². The first kappa shape index (κ1) is 23.0. The Morgan fingerprint density at radius 3 is 2.00 bits per heavy atom. The van der Waals surface area contributed by atoms with Crippen molar-refractivity contribution in [2.45, 2.75) is 0 Å². The largest absolute Gasteiger partial charge is 0.495 e. The summed E-state index contributed by atoms with van der Waals surface area (Å²) >= 11 is 5.66. The quantitative estimate of drug-likeness (QED) is 0.299. The fourth-order valence-electron chi connectivity index (χ4n) is 3.67. The first-order valence-corrected chi connectivity index (χ1v) is 10.8. The predicted molar refractivity (Wildman–Crippen MR) is 135 cm³/mol. The highest BCUT2D eigenvalue weighted by atomic mass is 32.1. The molecule has 8 heteroatoms. The maximum absolute atomic E-state index is 13.7. The minimum Gasteiger partial charge on any atom is -0.495 e. The molecule has 3 aromatic carbocycles. The number of carbonyl (C=O) groups excluding carboxylic acids is 2. The van der Waals surface area contributed by atoms with Crippen molar-refractivity contribution in [1.82, 2.24) is 0 Å². The Balaban J connectivity index is 1.89. The van der Waals surface area contributed by atoms with Gasteiger partial charge in [0.05, 0.1) is 32.7 Å². The normalized spacial score (nSPS) is 15.0. The van der Waals surface area contributed by atoms with E-state index in [1.165, 1.54) is 37.2 Å². The second kappa shape index (κ2) is 9.76. The molecule has 0 aliphatic carbocycles. The van der Waals surface area contributed by atoms with Crippen LogP contribution in [-0.4, -0.2) is 38.3 Å². The molecule has 0 atom stereocenters. The van der Waals surface area contributed by atoms with Crippen molar-refractivity contribution in [3.05, 3.63) is 83.9 Å². The molecule has 0 N–H and O–H groups in total. The molecule has 34 heavy (non-hydrogen) atoms. The smallest absolute Gasteiger partial charge is 0.270 e. The summed E-state index contributed by atoms with van der Waals surface area (Å²) in [5.41, 5.74) is 1.51. The Kier molecular flexibility index (Phi) is 6.60. The van der Waals surface area contributed by atoms with E-state index in [1.807, 2.05) is 6.07 Å². The summed E-state index contributed by atoms with van der Waals surface area (Å²) in [6.45, 7) is 0. The number of para-hydroxylation sites is 3. The van der Waals surface area contributed by atoms with Crippen LogP contribution < -0.4 is 24.0 Å². The standard InChI is InChI=1S/C26H22N2O5S/c1-31-21-12-8-7-11-20(21)28-25(30)19(15-17-13-14-22(32-2)23(16-17)33-3)24(29)27(26(28)34)18-9-5-4-6-10-18/h4-16H,1-3H3. The van der Waals surface area contributed by atoms with E-state index in [1.54, 1.807) is 66.7 Å². The van der Waals surface area contributed by atoms with E-state index in [0.717, 1.165) is 0 Å². The Morgan fingerprint density at radius 1 is 0.706 bits per heavy atom. The molecule has 3 aromatic rings. The number of amides is 2. The lowest BCUT2D eigenvalue weighted by atomic mass is 10.0. The van der Waals surface area contributed by atoms with E-state index in [0.29, 0.717) is 34.2 Å². The predicted octanol–water partition coefficient (Wildman–Crippen LogP) is 4.46. The molecule has 0 spiro atoms. The van der Waals surface area contributed by atoms with Crippen LogP contribution in [0.25, 0.3) is 6.08 Å². The number of ether oxygens (including phenoxy) is 3. The van der Waals surface area contributed by atoms with E-state index in [2.05, 4.69) is 0 Å². The van der Waals surface area contributed by atoms with Crippen molar-refractivity contribution >= 4 is 46.6 Å². The van der Waals surface area contributed by atoms with Crippen LogP contribution in [0.3, 0.4) is 0 Å². The van der Waals surface area contributed by atoms with E-state index >= 15 is 0 Å². The Hall–Kier alpha value is -4.17. The molecule has 2 amide bonds. The number of anilines is 2. The van der Waals surface area contributed by atoms with E-state index in [-0.39, 0.29) is 10.7 Å². The zero-order valence-corrected chi connectivity index (χ0v) is 19.7. The SMILES string of the molecule is COc1ccc(C=C2C(=O)N(c3ccccc3)C(=S)N(c3ccccc3OC)C2=O)cc1OC. The first-order chi connectivity index (χ1) is 16.5. The number of hydrogen-bond donors (Lipinski definition) is 0. The van der Waals surface area contributed by atoms with Crippen molar-refractivity contribution in [1.29, 1.82) is 0 Å². The number of rotatable bonds is 6. The summed E-state index contributed by atoms with van der Waals surface area (Å²) in [6, 6.07) is 21.1. The van der Waals surface area contributed by atoms with Gasteiger partial charge in [-0.2, -0.15) is 0 Å². The van der Waals surface area contributed by atoms with Gasteiger partial charge in [0, 0.05) is 0 Å². The third-order valence-electron chi connectivity index (χ3n) is 5.31. The second-order valence-corrected chi connectivity index (χ2v) is 7.61. The summed E-state index contributed by atoms with van der Waals surface area (Å²) in [4.78, 5) is 29.9. The molecule has 1 saturated heterocycles. The highest BCUT2D eigenvalue weighted by Crippen LogP contribution is 2.35. The van der Waals surface area contributed by atoms with Gasteiger partial charge >= 0.3 is 0 Å². The van der Waals surface area contributed by atoms with Crippen LogP contribution in [0.2, 0.25) is 0 Å². The average Bonchev–Trinajstić information content (AvgIpc) is 2.87. The molecular weight excluding hydrogens is 452 g/mol. The fourth-order valence-corrected chi connectivity index (χ4v) is 4.04. The molecule has 7 nitrogen and oxygen atoms in total. The fraction of sp³-hybridized carbons (Fsp3) is 0.115. The lowest BCUT2D eigenvalue weighted by molar-refractivity contribution is -0.120. The van der Waals surface area contributed by atoms with Crippen LogP contribution in [-0.2, 0) is 9.59 Å². The minimum atomic E-state index is -0.554. The van der Waals surface area contributed by atoms with Crippen LogP contribution in [0.1, 0.15) is 5.56 Å². The maximum atomic E-state index is 13.7. The summed E-state index contributed by atoms with van der Waals surface area (Å²) in [5, 5.41) is 0.0372. The molecule has 0 unspecified atom stereocenters. The zero-order chi connectivity index (χ0) is 24.2. The Labute approximate surface area is 202 Å². The van der Waals surface area contributed by atoms with Crippen LogP contribution >= 0.6 is 12.2 Å². The Bertz CT molecular complexity index is 1290. The summed E-state index contributed by atoms with van der Waals surface area (Å²) in [6.07, 6.45) is 1.52. The third-order valence-corrected chi connectivity index (χ3v) is 5.67. The van der Waals surface area contributed by atoms with Gasteiger partial charge in [-0.15, -0.1) is 0 Å². The third kappa shape index (κ3) is 4.11. The van der Waals surface area contributed by atoms with Crippen LogP contribution in [0.4, 0.5) is 11.4 Å². The van der Waals surface area contributed by atoms with Gasteiger partial charge in [0.1, 0.15) is 11.3 Å². The Morgan fingerprint density at radius 2 is 1.32 bits per heavy atom. The highest BCUT2D eigenvalue weighted by Gasteiger charge is 2.42. The molecule has 1 fully saturated rings. The van der Waals surface area contributed by atoms with Crippen LogP contribution in [0, 0.1) is 0 Å². The van der Waals surface area contributed by atoms with E-state index in [4.69, 9.17) is 26.4 Å². The maximum Gasteiger partial charge on any atom is 0.270 e. The van der Waals surface area contributed by atoms with E-state index < -0.39 is 11.8 Å². The molecule has 0 bridgehead atoms. The zero-order valence-electron chi connectivity index (χ0n) is 18.8. The molecule has 1 heterocycles. The second-order valence-electron chi connectivity index (χ2n) is 7.24. The minimum absolute atomic E-state index is 0.0372. The summed E-state index contributed by atoms with van der Waals surface area (Å²) in [5.74, 6) is 0.382. The lowest BCUT2D eigenvalue weighted by Gasteiger charge is -2.37. The topological polar surface area (TPSA) is 68.3 Å².